The number of hydrogen-bond donors (Lipinski definition) is 3. The number of nitrogens with one attached hydrogen (secondary N) is 1. The van der Waals surface area contributed by atoms with Crippen molar-refractivity contribution in [2.24, 2.45) is 5.73 Å². The highest BCUT2D eigenvalue weighted by molar-refractivity contribution is 5.83. The molecule has 0 spiro atoms. The number of carbonyl (C=O) groups excluding carboxylic acids is 1. The van der Waals surface area contributed by atoms with E-state index >= 15 is 0 Å². The van der Waals surface area contributed by atoms with Gasteiger partial charge in [-0.15, -0.1) is 0 Å². The van der Waals surface area contributed by atoms with Crippen LogP contribution in [0.2, 0.25) is 0 Å². The molecule has 1 aromatic heterocycles. The van der Waals surface area contributed by atoms with Gasteiger partial charge in [-0.1, -0.05) is 0 Å². The third-order valence-electron chi connectivity index (χ3n) is 1.96. The van der Waals surface area contributed by atoms with Crippen molar-refractivity contribution in [2.75, 3.05) is 6.54 Å². The van der Waals surface area contributed by atoms with Crippen molar-refractivity contribution in [1.82, 2.24) is 10.3 Å². The van der Waals surface area contributed by atoms with Gasteiger partial charge in [-0.05, 0) is 20.8 Å². The number of nitrogens with zero attached hydrogens (tertiary/aromatic N) is 1. The second-order valence-corrected chi connectivity index (χ2v) is 4.80. The molecule has 0 aliphatic carbocycles. The smallest absolute Gasteiger partial charge is 0.408 e. The number of hydrogen-bond acceptors (Lipinski definition) is 6. The molecule has 106 valence electrons. The number of amides is 1. The summed E-state index contributed by atoms with van der Waals surface area (Å²) in [5.41, 5.74) is 4.84. The maximum Gasteiger partial charge on any atom is 0.408 e. The van der Waals surface area contributed by atoms with Gasteiger partial charge < -0.3 is 25.3 Å². The molecular weight excluding hydrogens is 254 g/mol. The molecule has 0 radical (unpaired) electrons. The lowest BCUT2D eigenvalue weighted by Crippen LogP contribution is -2.37. The Hall–Kier alpha value is -2.09. The Labute approximate surface area is 109 Å². The summed E-state index contributed by atoms with van der Waals surface area (Å²) in [6.07, 6.45) is 0.370. The van der Waals surface area contributed by atoms with Gasteiger partial charge >= 0.3 is 12.1 Å². The van der Waals surface area contributed by atoms with E-state index in [0.29, 0.717) is 0 Å². The second-order valence-electron chi connectivity index (χ2n) is 4.80. The van der Waals surface area contributed by atoms with Crippen molar-refractivity contribution in [3.8, 4) is 0 Å². The van der Waals surface area contributed by atoms with Gasteiger partial charge in [0.25, 0.3) is 0 Å². The standard InChI is InChI=1S/C11H17N3O5/c1-11(2,3)19-10(17)14-6(4-12)8-13-5-7(18-8)9(15)16/h5-6H,4,12H2,1-3H3,(H,14,17)(H,15,16)/t6-/m0/s1. The van der Waals surface area contributed by atoms with Crippen LogP contribution in [-0.2, 0) is 4.74 Å². The maximum absolute atomic E-state index is 11.6. The zero-order valence-corrected chi connectivity index (χ0v) is 11.0. The van der Waals surface area contributed by atoms with E-state index in [0.717, 1.165) is 6.20 Å². The van der Waals surface area contributed by atoms with Crippen molar-refractivity contribution in [3.63, 3.8) is 0 Å². The first-order valence-electron chi connectivity index (χ1n) is 5.61. The molecule has 8 heteroatoms. The van der Waals surface area contributed by atoms with E-state index in [1.54, 1.807) is 20.8 Å². The molecule has 0 aliphatic heterocycles. The molecular formula is C11H17N3O5. The van der Waals surface area contributed by atoms with Crippen LogP contribution in [0.5, 0.6) is 0 Å². The molecule has 19 heavy (non-hydrogen) atoms. The second kappa shape index (κ2) is 5.70. The van der Waals surface area contributed by atoms with E-state index in [2.05, 4.69) is 10.3 Å². The van der Waals surface area contributed by atoms with Gasteiger partial charge in [0.2, 0.25) is 11.7 Å². The van der Waals surface area contributed by atoms with Crippen molar-refractivity contribution in [2.45, 2.75) is 32.4 Å². The average Bonchev–Trinajstić information content (AvgIpc) is 2.72. The quantitative estimate of drug-likeness (QED) is 0.742. The first-order chi connectivity index (χ1) is 8.73. The molecule has 1 atom stereocenters. The highest BCUT2D eigenvalue weighted by Gasteiger charge is 2.23. The molecule has 8 nitrogen and oxygen atoms in total. The Morgan fingerprint density at radius 1 is 1.58 bits per heavy atom. The van der Waals surface area contributed by atoms with Crippen LogP contribution in [0.1, 0.15) is 43.3 Å². The minimum Gasteiger partial charge on any atom is -0.475 e. The number of carbonyl (C=O) groups is 2. The molecule has 0 saturated carbocycles. The van der Waals surface area contributed by atoms with Crippen LogP contribution in [-0.4, -0.2) is 34.3 Å². The van der Waals surface area contributed by atoms with Gasteiger partial charge in [0.15, 0.2) is 0 Å². The molecule has 4 N–H and O–H groups in total. The third kappa shape index (κ3) is 4.59. The minimum atomic E-state index is -1.24. The van der Waals surface area contributed by atoms with E-state index < -0.39 is 23.7 Å². The van der Waals surface area contributed by atoms with E-state index in [1.165, 1.54) is 0 Å². The topological polar surface area (TPSA) is 128 Å². The molecule has 0 bridgehead atoms. The van der Waals surface area contributed by atoms with Gasteiger partial charge in [0.1, 0.15) is 11.6 Å². The molecule has 1 aromatic rings. The molecule has 0 aliphatic rings. The first-order valence-corrected chi connectivity index (χ1v) is 5.61. The van der Waals surface area contributed by atoms with E-state index in [4.69, 9.17) is 20.0 Å². The summed E-state index contributed by atoms with van der Waals surface area (Å²) >= 11 is 0. The minimum absolute atomic E-state index is 0.00118. The fourth-order valence-corrected chi connectivity index (χ4v) is 1.22. The van der Waals surface area contributed by atoms with Crippen LogP contribution in [0.4, 0.5) is 4.79 Å². The normalized spacial score (nSPS) is 12.8. The number of nitrogens with two attached hydrogens (primary N) is 1. The van der Waals surface area contributed by atoms with Crippen LogP contribution in [0.3, 0.4) is 0 Å². The highest BCUT2D eigenvalue weighted by atomic mass is 16.6. The average molecular weight is 271 g/mol. The summed E-state index contributed by atoms with van der Waals surface area (Å²) in [4.78, 5) is 26.0. The molecule has 1 amide bonds. The number of ether oxygens (including phenoxy) is 1. The van der Waals surface area contributed by atoms with Crippen molar-refractivity contribution in [3.05, 3.63) is 17.8 Å². The maximum atomic E-state index is 11.6. The first kappa shape index (κ1) is 15.0. The van der Waals surface area contributed by atoms with Crippen LogP contribution < -0.4 is 11.1 Å². The molecule has 0 unspecified atom stereocenters. The van der Waals surface area contributed by atoms with Gasteiger partial charge in [0.05, 0.1) is 6.20 Å². The number of oxazole rings is 1. The number of rotatable bonds is 4. The molecule has 0 fully saturated rings. The van der Waals surface area contributed by atoms with Crippen LogP contribution in [0.15, 0.2) is 10.6 Å². The number of aromatic carboxylic acids is 1. The SMILES string of the molecule is CC(C)(C)OC(=O)N[C@@H](CN)c1ncc(C(=O)O)o1. The van der Waals surface area contributed by atoms with Crippen molar-refractivity contribution >= 4 is 12.1 Å². The van der Waals surface area contributed by atoms with Gasteiger partial charge in [0, 0.05) is 6.54 Å². The summed E-state index contributed by atoms with van der Waals surface area (Å²) in [5.74, 6) is -1.54. The van der Waals surface area contributed by atoms with Gasteiger partial charge in [-0.25, -0.2) is 14.6 Å². The zero-order chi connectivity index (χ0) is 14.6. The lowest BCUT2D eigenvalue weighted by molar-refractivity contribution is 0.0497. The Morgan fingerprint density at radius 2 is 2.21 bits per heavy atom. The Bertz CT molecular complexity index is 463. The number of carboxylic acids is 1. The van der Waals surface area contributed by atoms with E-state index in [9.17, 15) is 9.59 Å². The summed E-state index contributed by atoms with van der Waals surface area (Å²) in [7, 11) is 0. The highest BCUT2D eigenvalue weighted by Crippen LogP contribution is 2.14. The largest absolute Gasteiger partial charge is 0.475 e. The monoisotopic (exact) mass is 271 g/mol. The predicted molar refractivity (Wildman–Crippen MR) is 64.6 cm³/mol. The van der Waals surface area contributed by atoms with E-state index in [-0.39, 0.29) is 18.2 Å². The number of alkyl carbamates (subject to hydrolysis) is 1. The number of aromatic nitrogens is 1. The summed E-state index contributed by atoms with van der Waals surface area (Å²) < 4.78 is 10.0. The van der Waals surface area contributed by atoms with Gasteiger partial charge in [-0.2, -0.15) is 0 Å². The van der Waals surface area contributed by atoms with Crippen molar-refractivity contribution < 1.29 is 23.8 Å². The number of carboxylic acid groups (broad SMARTS) is 1. The molecule has 1 heterocycles. The lowest BCUT2D eigenvalue weighted by Gasteiger charge is -2.21. The fraction of sp³-hybridized carbons (Fsp3) is 0.545. The molecule has 0 aromatic carbocycles. The lowest BCUT2D eigenvalue weighted by atomic mass is 10.2. The summed E-state index contributed by atoms with van der Waals surface area (Å²) in [6.45, 7) is 5.16. The van der Waals surface area contributed by atoms with Crippen LogP contribution in [0.25, 0.3) is 0 Å². The van der Waals surface area contributed by atoms with Crippen LogP contribution in [0, 0.1) is 0 Å². The Balaban J connectivity index is 2.72. The molecule has 0 saturated heterocycles. The fourth-order valence-electron chi connectivity index (χ4n) is 1.22. The Kier molecular flexibility index (Phi) is 4.49. The Morgan fingerprint density at radius 3 is 2.63 bits per heavy atom. The molecule has 1 rings (SSSR count). The zero-order valence-electron chi connectivity index (χ0n) is 11.0. The van der Waals surface area contributed by atoms with E-state index in [1.807, 2.05) is 0 Å². The summed E-state index contributed by atoms with van der Waals surface area (Å²) in [5, 5.41) is 11.2. The van der Waals surface area contributed by atoms with Gasteiger partial charge in [-0.3, -0.25) is 0 Å². The van der Waals surface area contributed by atoms with Crippen LogP contribution >= 0.6 is 0 Å². The summed E-state index contributed by atoms with van der Waals surface area (Å²) in [6, 6.07) is -0.747. The van der Waals surface area contributed by atoms with Crippen molar-refractivity contribution in [1.29, 1.82) is 0 Å². The predicted octanol–water partition coefficient (Wildman–Crippen LogP) is 0.897. The third-order valence-corrected chi connectivity index (χ3v) is 1.96.